The Hall–Kier alpha value is -2.37. The van der Waals surface area contributed by atoms with E-state index in [1.165, 1.54) is 0 Å². The number of halogens is 5. The van der Waals surface area contributed by atoms with Crippen LogP contribution in [0.3, 0.4) is 0 Å². The lowest BCUT2D eigenvalue weighted by Crippen LogP contribution is -2.44. The molecule has 31 heavy (non-hydrogen) atoms. The molecule has 1 aliphatic heterocycles. The van der Waals surface area contributed by atoms with Gasteiger partial charge in [0.25, 0.3) is 0 Å². The van der Waals surface area contributed by atoms with Crippen LogP contribution in [0.4, 0.5) is 24.5 Å². The Bertz CT molecular complexity index is 1020. The second-order valence-electron chi connectivity index (χ2n) is 7.63. The first-order valence-electron chi connectivity index (χ1n) is 9.97. The third kappa shape index (κ3) is 5.28. The van der Waals surface area contributed by atoms with Crippen molar-refractivity contribution in [2.45, 2.75) is 25.2 Å². The predicted octanol–water partition coefficient (Wildman–Crippen LogP) is 7.51. The minimum atomic E-state index is -4.22. The zero-order chi connectivity index (χ0) is 22.0. The van der Waals surface area contributed by atoms with Crippen LogP contribution >= 0.6 is 23.2 Å². The Morgan fingerprint density at radius 3 is 2.10 bits per heavy atom. The number of anilines is 2. The molecule has 1 atom stereocenters. The van der Waals surface area contributed by atoms with Gasteiger partial charge in [0.2, 0.25) is 0 Å². The van der Waals surface area contributed by atoms with Crippen LogP contribution in [0.15, 0.2) is 72.8 Å². The number of rotatable bonds is 5. The van der Waals surface area contributed by atoms with Gasteiger partial charge in [0.15, 0.2) is 0 Å². The summed E-state index contributed by atoms with van der Waals surface area (Å²) in [6.07, 6.45) is -5.08. The predicted molar refractivity (Wildman–Crippen MR) is 121 cm³/mol. The van der Waals surface area contributed by atoms with Crippen LogP contribution in [0.25, 0.3) is 0 Å². The van der Waals surface area contributed by atoms with E-state index in [4.69, 9.17) is 23.2 Å². The number of hydrogen-bond acceptors (Lipinski definition) is 2. The second-order valence-corrected chi connectivity index (χ2v) is 8.50. The smallest absolute Gasteiger partial charge is 0.363 e. The summed E-state index contributed by atoms with van der Waals surface area (Å²) in [6, 6.07) is 22.5. The van der Waals surface area contributed by atoms with Gasteiger partial charge in [-0.05, 0) is 41.5 Å². The molecule has 1 aliphatic rings. The molecule has 4 rings (SSSR count). The third-order valence-electron chi connectivity index (χ3n) is 5.42. The zero-order valence-corrected chi connectivity index (χ0v) is 18.1. The van der Waals surface area contributed by atoms with E-state index in [0.717, 1.165) is 22.5 Å². The fraction of sp³-hybridized carbons (Fsp3) is 0.250. The molecule has 162 valence electrons. The van der Waals surface area contributed by atoms with Crippen molar-refractivity contribution in [2.24, 2.45) is 0 Å². The van der Waals surface area contributed by atoms with Crippen LogP contribution in [-0.2, 0) is 6.54 Å². The summed E-state index contributed by atoms with van der Waals surface area (Å²) in [6.45, 7) is 0.994. The Morgan fingerprint density at radius 1 is 0.839 bits per heavy atom. The lowest BCUT2D eigenvalue weighted by molar-refractivity contribution is -0.132. The maximum atomic E-state index is 13.1. The van der Waals surface area contributed by atoms with Crippen LogP contribution in [0.1, 0.15) is 23.6 Å². The largest absolute Gasteiger partial charge is 0.390 e. The van der Waals surface area contributed by atoms with Gasteiger partial charge in [-0.2, -0.15) is 13.2 Å². The molecular weight excluding hydrogens is 444 g/mol. The first-order chi connectivity index (χ1) is 14.8. The quantitative estimate of drug-likeness (QED) is 0.385. The van der Waals surface area contributed by atoms with E-state index in [0.29, 0.717) is 23.1 Å². The van der Waals surface area contributed by atoms with Crippen LogP contribution in [0.2, 0.25) is 10.0 Å². The van der Waals surface area contributed by atoms with Crippen LogP contribution in [-0.4, -0.2) is 19.3 Å². The summed E-state index contributed by atoms with van der Waals surface area (Å²) in [4.78, 5) is 4.05. The maximum Gasteiger partial charge on any atom is 0.390 e. The Kier molecular flexibility index (Phi) is 6.35. The Morgan fingerprint density at radius 2 is 1.45 bits per heavy atom. The summed E-state index contributed by atoms with van der Waals surface area (Å²) in [5.74, 6) is 0. The fourth-order valence-electron chi connectivity index (χ4n) is 4.10. The molecular formula is C24H21Cl2F3N2. The third-order valence-corrected chi connectivity index (χ3v) is 5.85. The number of para-hydroxylation sites is 2. The van der Waals surface area contributed by atoms with Crippen LogP contribution in [0, 0.1) is 0 Å². The number of benzene rings is 3. The molecule has 3 aromatic rings. The molecule has 0 saturated carbocycles. The molecule has 7 heteroatoms. The summed E-state index contributed by atoms with van der Waals surface area (Å²) < 4.78 is 39.3. The Labute approximate surface area is 189 Å². The summed E-state index contributed by atoms with van der Waals surface area (Å²) >= 11 is 12.4. The summed E-state index contributed by atoms with van der Waals surface area (Å²) in [7, 11) is 0. The number of alkyl halides is 3. The molecule has 0 saturated heterocycles. The van der Waals surface area contributed by atoms with Crippen molar-refractivity contribution >= 4 is 34.6 Å². The van der Waals surface area contributed by atoms with E-state index in [9.17, 15) is 13.2 Å². The van der Waals surface area contributed by atoms with Gasteiger partial charge in [0.1, 0.15) is 0 Å². The van der Waals surface area contributed by atoms with E-state index in [-0.39, 0.29) is 12.6 Å². The lowest BCUT2D eigenvalue weighted by Gasteiger charge is -2.45. The Balaban J connectivity index is 1.73. The van der Waals surface area contributed by atoms with E-state index in [1.54, 1.807) is 6.07 Å². The highest BCUT2D eigenvalue weighted by Gasteiger charge is 2.35. The SMILES string of the molecule is FC(F)(F)CCN1c2ccccc2N(Cc2cc(Cl)cc(Cl)c2)C[C@H]1c1ccccc1. The van der Waals surface area contributed by atoms with E-state index < -0.39 is 12.6 Å². The van der Waals surface area contributed by atoms with Gasteiger partial charge in [-0.1, -0.05) is 65.7 Å². The minimum absolute atomic E-state index is 0.100. The van der Waals surface area contributed by atoms with E-state index >= 15 is 0 Å². The van der Waals surface area contributed by atoms with Gasteiger partial charge in [0, 0.05) is 29.7 Å². The molecule has 0 bridgehead atoms. The fourth-order valence-corrected chi connectivity index (χ4v) is 4.68. The molecule has 1 heterocycles. The zero-order valence-electron chi connectivity index (χ0n) is 16.6. The van der Waals surface area contributed by atoms with Gasteiger partial charge in [-0.25, -0.2) is 0 Å². The average molecular weight is 465 g/mol. The molecule has 3 aromatic carbocycles. The molecule has 0 radical (unpaired) electrons. The summed E-state index contributed by atoms with van der Waals surface area (Å²) in [5.41, 5.74) is 3.61. The first-order valence-corrected chi connectivity index (χ1v) is 10.7. The topological polar surface area (TPSA) is 6.48 Å². The normalized spacial score (nSPS) is 16.4. The average Bonchev–Trinajstić information content (AvgIpc) is 2.72. The van der Waals surface area contributed by atoms with Gasteiger partial charge >= 0.3 is 6.18 Å². The number of hydrogen-bond donors (Lipinski definition) is 0. The van der Waals surface area contributed by atoms with Crippen molar-refractivity contribution in [1.82, 2.24) is 0 Å². The van der Waals surface area contributed by atoms with Gasteiger partial charge in [0.05, 0.1) is 23.8 Å². The maximum absolute atomic E-state index is 13.1. The second kappa shape index (κ2) is 9.01. The highest BCUT2D eigenvalue weighted by atomic mass is 35.5. The van der Waals surface area contributed by atoms with Crippen LogP contribution < -0.4 is 9.80 Å². The molecule has 0 amide bonds. The molecule has 0 aromatic heterocycles. The van der Waals surface area contributed by atoms with Crippen molar-refractivity contribution in [2.75, 3.05) is 22.9 Å². The highest BCUT2D eigenvalue weighted by molar-refractivity contribution is 6.34. The van der Waals surface area contributed by atoms with Crippen molar-refractivity contribution in [3.63, 3.8) is 0 Å². The molecule has 0 unspecified atom stereocenters. The van der Waals surface area contributed by atoms with Crippen molar-refractivity contribution in [3.05, 3.63) is 94.0 Å². The van der Waals surface area contributed by atoms with Gasteiger partial charge in [-0.3, -0.25) is 0 Å². The van der Waals surface area contributed by atoms with Gasteiger partial charge < -0.3 is 9.80 Å². The molecule has 0 spiro atoms. The first kappa shape index (κ1) is 21.8. The molecule has 0 aliphatic carbocycles. The minimum Gasteiger partial charge on any atom is -0.363 e. The van der Waals surface area contributed by atoms with Crippen molar-refractivity contribution in [1.29, 1.82) is 0 Å². The number of fused-ring (bicyclic) bond motifs is 1. The molecule has 0 N–H and O–H groups in total. The van der Waals surface area contributed by atoms with Gasteiger partial charge in [-0.15, -0.1) is 0 Å². The van der Waals surface area contributed by atoms with Crippen molar-refractivity contribution in [3.8, 4) is 0 Å². The molecule has 2 nitrogen and oxygen atoms in total. The van der Waals surface area contributed by atoms with Crippen LogP contribution in [0.5, 0.6) is 0 Å². The monoisotopic (exact) mass is 464 g/mol. The summed E-state index contributed by atoms with van der Waals surface area (Å²) in [5, 5.41) is 1.11. The van der Waals surface area contributed by atoms with Crippen molar-refractivity contribution < 1.29 is 13.2 Å². The number of nitrogens with zero attached hydrogens (tertiary/aromatic N) is 2. The highest BCUT2D eigenvalue weighted by Crippen LogP contribution is 2.42. The van der Waals surface area contributed by atoms with E-state index in [1.807, 2.05) is 71.6 Å². The standard InChI is InChI=1S/C24H21Cl2F3N2/c25-19-12-17(13-20(26)14-19)15-30-16-23(18-6-2-1-3-7-18)31(11-10-24(27,28)29)22-9-5-4-8-21(22)30/h1-9,12-14,23H,10-11,15-16H2/t23-/m0/s1. The lowest BCUT2D eigenvalue weighted by atomic mass is 9.98. The van der Waals surface area contributed by atoms with E-state index in [2.05, 4.69) is 4.90 Å². The molecule has 0 fully saturated rings.